The maximum atomic E-state index is 12.6. The van der Waals surface area contributed by atoms with Gasteiger partial charge in [0, 0.05) is 5.56 Å². The Labute approximate surface area is 145 Å². The molecular formula is C19H19N3O3. The Morgan fingerprint density at radius 3 is 2.68 bits per heavy atom. The minimum absolute atomic E-state index is 0.277. The molecule has 128 valence electrons. The molecule has 0 atom stereocenters. The highest BCUT2D eigenvalue weighted by Gasteiger charge is 2.18. The van der Waals surface area contributed by atoms with Gasteiger partial charge < -0.3 is 10.1 Å². The van der Waals surface area contributed by atoms with Gasteiger partial charge in [0.05, 0.1) is 12.2 Å². The van der Waals surface area contributed by atoms with E-state index < -0.39 is 0 Å². The van der Waals surface area contributed by atoms with Crippen molar-refractivity contribution in [1.82, 2.24) is 10.3 Å². The predicted octanol–water partition coefficient (Wildman–Crippen LogP) is 4.00. The molecule has 2 aromatic carbocycles. The van der Waals surface area contributed by atoms with Gasteiger partial charge in [-0.15, -0.1) is 0 Å². The van der Waals surface area contributed by atoms with Gasteiger partial charge in [-0.1, -0.05) is 24.3 Å². The molecule has 6 heteroatoms. The van der Waals surface area contributed by atoms with Crippen LogP contribution in [0.4, 0.5) is 5.82 Å². The lowest BCUT2D eigenvalue weighted by Gasteiger charge is -2.09. The number of para-hydroxylation sites is 1. The molecule has 6 nitrogen and oxygen atoms in total. The number of carbonyl (C=O) groups excluding carboxylic acids is 1. The second kappa shape index (κ2) is 7.17. The smallest absolute Gasteiger partial charge is 0.260 e. The van der Waals surface area contributed by atoms with Gasteiger partial charge in [-0.05, 0) is 60.4 Å². The Bertz CT molecular complexity index is 902. The molecule has 0 unspecified atom stereocenters. The molecular weight excluding hydrogens is 318 g/mol. The van der Waals surface area contributed by atoms with Crippen molar-refractivity contribution in [2.45, 2.75) is 20.8 Å². The summed E-state index contributed by atoms with van der Waals surface area (Å²) < 4.78 is 10.3. The molecule has 3 rings (SSSR count). The van der Waals surface area contributed by atoms with Gasteiger partial charge >= 0.3 is 0 Å². The van der Waals surface area contributed by atoms with Crippen LogP contribution in [0.1, 0.15) is 28.4 Å². The summed E-state index contributed by atoms with van der Waals surface area (Å²) in [7, 11) is 0. The van der Waals surface area contributed by atoms with Crippen LogP contribution in [-0.4, -0.2) is 22.8 Å². The Balaban J connectivity index is 1.89. The minimum atomic E-state index is -0.329. The first-order valence-corrected chi connectivity index (χ1v) is 8.03. The number of carbonyl (C=O) groups is 1. The van der Waals surface area contributed by atoms with Crippen molar-refractivity contribution >= 4 is 11.7 Å². The maximum Gasteiger partial charge on any atom is 0.260 e. The molecule has 0 aliphatic heterocycles. The van der Waals surface area contributed by atoms with Crippen LogP contribution in [0.15, 0.2) is 47.1 Å². The van der Waals surface area contributed by atoms with Crippen molar-refractivity contribution in [3.05, 3.63) is 59.2 Å². The van der Waals surface area contributed by atoms with Gasteiger partial charge in [0.2, 0.25) is 5.82 Å². The Kier molecular flexibility index (Phi) is 4.79. The lowest BCUT2D eigenvalue weighted by Crippen LogP contribution is -2.14. The summed E-state index contributed by atoms with van der Waals surface area (Å²) in [6, 6.07) is 13.0. The zero-order valence-electron chi connectivity index (χ0n) is 14.4. The largest absolute Gasteiger partial charge is 0.493 e. The summed E-state index contributed by atoms with van der Waals surface area (Å²) >= 11 is 0. The molecule has 0 saturated carbocycles. The molecule has 0 saturated heterocycles. The number of benzene rings is 2. The second-order valence-electron chi connectivity index (χ2n) is 5.64. The van der Waals surface area contributed by atoms with Crippen molar-refractivity contribution in [3.8, 4) is 17.0 Å². The van der Waals surface area contributed by atoms with Gasteiger partial charge in [-0.25, -0.2) is 4.63 Å². The molecule has 0 radical (unpaired) electrons. The molecule has 0 aliphatic rings. The number of aryl methyl sites for hydroxylation is 2. The van der Waals surface area contributed by atoms with E-state index in [0.717, 1.165) is 11.1 Å². The van der Waals surface area contributed by atoms with Gasteiger partial charge in [0.15, 0.2) is 5.69 Å². The van der Waals surface area contributed by atoms with E-state index in [-0.39, 0.29) is 11.7 Å². The van der Waals surface area contributed by atoms with E-state index >= 15 is 0 Å². The summed E-state index contributed by atoms with van der Waals surface area (Å²) in [6.07, 6.45) is 0. The van der Waals surface area contributed by atoms with Crippen LogP contribution in [0.2, 0.25) is 0 Å². The molecule has 1 N–H and O–H groups in total. The summed E-state index contributed by atoms with van der Waals surface area (Å²) in [5, 5.41) is 10.5. The molecule has 1 heterocycles. The molecule has 1 aromatic heterocycles. The number of nitrogens with one attached hydrogen (secondary N) is 1. The van der Waals surface area contributed by atoms with E-state index in [2.05, 4.69) is 15.6 Å². The summed E-state index contributed by atoms with van der Waals surface area (Å²) in [5.74, 6) is 0.469. The molecule has 0 fully saturated rings. The van der Waals surface area contributed by atoms with Crippen LogP contribution in [0.3, 0.4) is 0 Å². The van der Waals surface area contributed by atoms with Crippen LogP contribution < -0.4 is 10.1 Å². The third kappa shape index (κ3) is 3.52. The highest BCUT2D eigenvalue weighted by atomic mass is 16.6. The monoisotopic (exact) mass is 337 g/mol. The normalized spacial score (nSPS) is 10.5. The third-order valence-corrected chi connectivity index (χ3v) is 3.93. The van der Waals surface area contributed by atoms with Crippen molar-refractivity contribution in [3.63, 3.8) is 0 Å². The summed E-state index contributed by atoms with van der Waals surface area (Å²) in [4.78, 5) is 12.6. The van der Waals surface area contributed by atoms with E-state index in [0.29, 0.717) is 23.6 Å². The molecule has 0 spiro atoms. The van der Waals surface area contributed by atoms with Gasteiger partial charge in [0.1, 0.15) is 5.75 Å². The fraction of sp³-hybridized carbons (Fsp3) is 0.211. The zero-order chi connectivity index (χ0) is 17.8. The predicted molar refractivity (Wildman–Crippen MR) is 94.8 cm³/mol. The molecule has 0 bridgehead atoms. The fourth-order valence-corrected chi connectivity index (χ4v) is 2.46. The van der Waals surface area contributed by atoms with Crippen molar-refractivity contribution in [2.75, 3.05) is 11.9 Å². The number of aromatic nitrogens is 2. The fourth-order valence-electron chi connectivity index (χ4n) is 2.46. The molecule has 1 amide bonds. The lowest BCUT2D eigenvalue weighted by molar-refractivity contribution is 0.102. The highest BCUT2D eigenvalue weighted by Crippen LogP contribution is 2.27. The summed E-state index contributed by atoms with van der Waals surface area (Å²) in [6.45, 7) is 6.40. The van der Waals surface area contributed by atoms with Crippen LogP contribution >= 0.6 is 0 Å². The Hall–Kier alpha value is -3.15. The quantitative estimate of drug-likeness (QED) is 0.761. The first-order valence-electron chi connectivity index (χ1n) is 8.03. The molecule has 3 aromatic rings. The Morgan fingerprint density at radius 1 is 1.12 bits per heavy atom. The van der Waals surface area contributed by atoms with E-state index in [1.807, 2.05) is 45.0 Å². The number of hydrogen-bond acceptors (Lipinski definition) is 5. The number of nitrogens with zero attached hydrogens (tertiary/aromatic N) is 2. The third-order valence-electron chi connectivity index (χ3n) is 3.93. The lowest BCUT2D eigenvalue weighted by atomic mass is 10.0. The number of hydrogen-bond donors (Lipinski definition) is 1. The van der Waals surface area contributed by atoms with E-state index in [1.54, 1.807) is 18.2 Å². The molecule has 0 aliphatic carbocycles. The van der Waals surface area contributed by atoms with Gasteiger partial charge in [-0.3, -0.25) is 4.79 Å². The second-order valence-corrected chi connectivity index (χ2v) is 5.64. The van der Waals surface area contributed by atoms with Crippen LogP contribution in [0.25, 0.3) is 11.3 Å². The van der Waals surface area contributed by atoms with E-state index in [1.165, 1.54) is 5.56 Å². The maximum absolute atomic E-state index is 12.6. The Morgan fingerprint density at radius 2 is 1.92 bits per heavy atom. The average molecular weight is 337 g/mol. The average Bonchev–Trinajstić information content (AvgIpc) is 3.06. The topological polar surface area (TPSA) is 77.2 Å². The first-order chi connectivity index (χ1) is 12.1. The van der Waals surface area contributed by atoms with E-state index in [4.69, 9.17) is 9.37 Å². The number of anilines is 1. The van der Waals surface area contributed by atoms with E-state index in [9.17, 15) is 4.79 Å². The number of ether oxygens (including phenoxy) is 1. The zero-order valence-corrected chi connectivity index (χ0v) is 14.4. The van der Waals surface area contributed by atoms with Crippen LogP contribution in [0, 0.1) is 13.8 Å². The van der Waals surface area contributed by atoms with Crippen LogP contribution in [-0.2, 0) is 0 Å². The molecule has 25 heavy (non-hydrogen) atoms. The van der Waals surface area contributed by atoms with Crippen molar-refractivity contribution in [2.24, 2.45) is 0 Å². The number of rotatable bonds is 5. The van der Waals surface area contributed by atoms with Gasteiger partial charge in [0.25, 0.3) is 5.91 Å². The number of amides is 1. The van der Waals surface area contributed by atoms with Crippen molar-refractivity contribution < 1.29 is 14.2 Å². The highest BCUT2D eigenvalue weighted by molar-refractivity contribution is 6.07. The SMILES string of the molecule is CCOc1ccccc1C(=O)Nc1nonc1-c1ccc(C)c(C)c1. The first kappa shape index (κ1) is 16.7. The minimum Gasteiger partial charge on any atom is -0.493 e. The van der Waals surface area contributed by atoms with Crippen molar-refractivity contribution in [1.29, 1.82) is 0 Å². The summed E-state index contributed by atoms with van der Waals surface area (Å²) in [5.41, 5.74) is 4.05. The van der Waals surface area contributed by atoms with Crippen LogP contribution in [0.5, 0.6) is 5.75 Å². The van der Waals surface area contributed by atoms with Gasteiger partial charge in [-0.2, -0.15) is 0 Å². The standard InChI is InChI=1S/C19H19N3O3/c1-4-24-16-8-6-5-7-15(16)19(23)20-18-17(21-25-22-18)14-10-9-12(2)13(3)11-14/h5-11H,4H2,1-3H3,(H,20,22,23).